The Morgan fingerprint density at radius 3 is 2.29 bits per heavy atom. The highest BCUT2D eigenvalue weighted by Crippen LogP contribution is 2.18. The molecule has 6 heteroatoms. The third kappa shape index (κ3) is 5.02. The minimum absolute atomic E-state index is 0.672. The molecule has 0 atom stereocenters. The molecular formula is C15H28N6. The van der Waals surface area contributed by atoms with Crippen molar-refractivity contribution in [3.05, 3.63) is 0 Å². The fourth-order valence-corrected chi connectivity index (χ4v) is 2.49. The van der Waals surface area contributed by atoms with Crippen LogP contribution in [0.5, 0.6) is 0 Å². The summed E-state index contributed by atoms with van der Waals surface area (Å²) in [6.45, 7) is 8.09. The molecule has 1 saturated heterocycles. The fraction of sp³-hybridized carbons (Fsp3) is 0.800. The van der Waals surface area contributed by atoms with E-state index in [4.69, 9.17) is 0 Å². The average molecular weight is 292 g/mol. The molecule has 1 aromatic heterocycles. The van der Waals surface area contributed by atoms with E-state index in [1.54, 1.807) is 0 Å². The summed E-state index contributed by atoms with van der Waals surface area (Å²) in [5.74, 6) is 2.17. The van der Waals surface area contributed by atoms with Gasteiger partial charge >= 0.3 is 0 Å². The van der Waals surface area contributed by atoms with Crippen molar-refractivity contribution in [2.24, 2.45) is 0 Å². The quantitative estimate of drug-likeness (QED) is 0.718. The molecule has 0 bridgehead atoms. The van der Waals surface area contributed by atoms with Gasteiger partial charge in [0.05, 0.1) is 0 Å². The van der Waals surface area contributed by atoms with Crippen molar-refractivity contribution < 1.29 is 0 Å². The van der Waals surface area contributed by atoms with Gasteiger partial charge in [0.15, 0.2) is 0 Å². The van der Waals surface area contributed by atoms with Gasteiger partial charge in [-0.25, -0.2) is 0 Å². The van der Waals surface area contributed by atoms with Crippen molar-refractivity contribution in [3.63, 3.8) is 0 Å². The van der Waals surface area contributed by atoms with Crippen molar-refractivity contribution in [1.29, 1.82) is 0 Å². The van der Waals surface area contributed by atoms with Gasteiger partial charge in [0.2, 0.25) is 17.8 Å². The molecule has 0 spiro atoms. The number of piperidine rings is 1. The first-order valence-electron chi connectivity index (χ1n) is 8.32. The smallest absolute Gasteiger partial charge is 0.231 e. The molecule has 0 aliphatic carbocycles. The van der Waals surface area contributed by atoms with Crippen LogP contribution >= 0.6 is 0 Å². The number of rotatable bonds is 8. The zero-order valence-electron chi connectivity index (χ0n) is 13.4. The number of hydrogen-bond acceptors (Lipinski definition) is 6. The lowest BCUT2D eigenvalue weighted by atomic mass is 10.1. The van der Waals surface area contributed by atoms with E-state index in [0.29, 0.717) is 11.9 Å². The van der Waals surface area contributed by atoms with E-state index in [1.165, 1.54) is 32.1 Å². The molecule has 1 aliphatic rings. The van der Waals surface area contributed by atoms with Crippen molar-refractivity contribution in [3.8, 4) is 0 Å². The minimum atomic E-state index is 0.672. The Morgan fingerprint density at radius 2 is 1.62 bits per heavy atom. The number of unbranched alkanes of at least 4 members (excludes halogenated alkanes) is 2. The molecule has 6 nitrogen and oxygen atoms in total. The van der Waals surface area contributed by atoms with Gasteiger partial charge in [0.25, 0.3) is 0 Å². The second kappa shape index (κ2) is 8.64. The Hall–Kier alpha value is -1.59. The third-order valence-corrected chi connectivity index (χ3v) is 3.66. The monoisotopic (exact) mass is 292 g/mol. The molecule has 0 saturated carbocycles. The van der Waals surface area contributed by atoms with Crippen LogP contribution < -0.4 is 15.5 Å². The fourth-order valence-electron chi connectivity index (χ4n) is 2.49. The highest BCUT2D eigenvalue weighted by molar-refractivity contribution is 5.44. The second-order valence-electron chi connectivity index (χ2n) is 5.49. The predicted molar refractivity (Wildman–Crippen MR) is 88.1 cm³/mol. The van der Waals surface area contributed by atoms with Gasteiger partial charge in [0, 0.05) is 26.2 Å². The van der Waals surface area contributed by atoms with Crippen LogP contribution in [-0.2, 0) is 0 Å². The number of anilines is 3. The third-order valence-electron chi connectivity index (χ3n) is 3.66. The first-order chi connectivity index (χ1) is 10.3. The lowest BCUT2D eigenvalue weighted by molar-refractivity contribution is 0.567. The summed E-state index contributed by atoms with van der Waals surface area (Å²) in [5, 5.41) is 6.53. The van der Waals surface area contributed by atoms with Crippen LogP contribution in [0.3, 0.4) is 0 Å². The topological polar surface area (TPSA) is 66.0 Å². The summed E-state index contributed by atoms with van der Waals surface area (Å²) >= 11 is 0. The van der Waals surface area contributed by atoms with Crippen LogP contribution in [0.25, 0.3) is 0 Å². The molecule has 0 aromatic carbocycles. The maximum Gasteiger partial charge on any atom is 0.231 e. The Labute approximate surface area is 127 Å². The molecule has 0 unspecified atom stereocenters. The number of aromatic nitrogens is 3. The molecule has 0 radical (unpaired) electrons. The van der Waals surface area contributed by atoms with Crippen LogP contribution in [0.1, 0.15) is 52.4 Å². The SMILES string of the molecule is CCCCCNc1nc(NCC)nc(N2CCCCC2)n1. The molecule has 118 valence electrons. The van der Waals surface area contributed by atoms with Crippen LogP contribution in [0.2, 0.25) is 0 Å². The number of nitrogens with zero attached hydrogens (tertiary/aromatic N) is 4. The van der Waals surface area contributed by atoms with Crippen molar-refractivity contribution in [1.82, 2.24) is 15.0 Å². The van der Waals surface area contributed by atoms with Gasteiger partial charge in [-0.15, -0.1) is 0 Å². The Kier molecular flexibility index (Phi) is 6.50. The predicted octanol–water partition coefficient (Wildman–Crippen LogP) is 2.90. The maximum atomic E-state index is 4.59. The second-order valence-corrected chi connectivity index (χ2v) is 5.49. The number of nitrogens with one attached hydrogen (secondary N) is 2. The average Bonchev–Trinajstić information content (AvgIpc) is 2.53. The molecule has 1 aliphatic heterocycles. The number of hydrogen-bond donors (Lipinski definition) is 2. The van der Waals surface area contributed by atoms with Crippen molar-refractivity contribution in [2.75, 3.05) is 41.7 Å². The van der Waals surface area contributed by atoms with Crippen LogP contribution in [0.4, 0.5) is 17.8 Å². The van der Waals surface area contributed by atoms with Crippen LogP contribution in [0.15, 0.2) is 0 Å². The van der Waals surface area contributed by atoms with Crippen LogP contribution in [0, 0.1) is 0 Å². The van der Waals surface area contributed by atoms with Gasteiger partial charge in [-0.2, -0.15) is 15.0 Å². The van der Waals surface area contributed by atoms with Gasteiger partial charge in [0.1, 0.15) is 0 Å². The van der Waals surface area contributed by atoms with E-state index in [9.17, 15) is 0 Å². The van der Waals surface area contributed by atoms with Gasteiger partial charge < -0.3 is 15.5 Å². The molecule has 1 aromatic rings. The van der Waals surface area contributed by atoms with Crippen molar-refractivity contribution in [2.45, 2.75) is 52.4 Å². The van der Waals surface area contributed by atoms with Gasteiger partial charge in [-0.3, -0.25) is 0 Å². The first-order valence-corrected chi connectivity index (χ1v) is 8.32. The standard InChI is InChI=1S/C15H28N6/c1-3-5-7-10-17-14-18-13(16-4-2)19-15(20-14)21-11-8-6-9-12-21/h3-12H2,1-2H3,(H2,16,17,18,19,20). The highest BCUT2D eigenvalue weighted by atomic mass is 15.3. The summed E-state index contributed by atoms with van der Waals surface area (Å²) in [6, 6.07) is 0. The van der Waals surface area contributed by atoms with E-state index in [0.717, 1.165) is 38.5 Å². The largest absolute Gasteiger partial charge is 0.354 e. The van der Waals surface area contributed by atoms with E-state index < -0.39 is 0 Å². The van der Waals surface area contributed by atoms with E-state index >= 15 is 0 Å². The molecule has 0 amide bonds. The van der Waals surface area contributed by atoms with E-state index in [1.807, 2.05) is 0 Å². The Bertz CT molecular complexity index is 417. The summed E-state index contributed by atoms with van der Waals surface area (Å²) in [6.07, 6.45) is 7.36. The van der Waals surface area contributed by atoms with Gasteiger partial charge in [-0.1, -0.05) is 19.8 Å². The maximum absolute atomic E-state index is 4.59. The summed E-state index contributed by atoms with van der Waals surface area (Å²) < 4.78 is 0. The molecule has 2 N–H and O–H groups in total. The Morgan fingerprint density at radius 1 is 0.905 bits per heavy atom. The normalized spacial score (nSPS) is 15.0. The van der Waals surface area contributed by atoms with Gasteiger partial charge in [-0.05, 0) is 32.6 Å². The molecule has 21 heavy (non-hydrogen) atoms. The lowest BCUT2D eigenvalue weighted by Gasteiger charge is -2.27. The van der Waals surface area contributed by atoms with E-state index in [2.05, 4.69) is 44.3 Å². The minimum Gasteiger partial charge on any atom is -0.354 e. The summed E-state index contributed by atoms with van der Waals surface area (Å²) in [5.41, 5.74) is 0. The first kappa shape index (κ1) is 15.8. The van der Waals surface area contributed by atoms with Crippen LogP contribution in [-0.4, -0.2) is 41.1 Å². The molecule has 2 heterocycles. The molecular weight excluding hydrogens is 264 g/mol. The molecule has 1 fully saturated rings. The zero-order chi connectivity index (χ0) is 14.9. The van der Waals surface area contributed by atoms with E-state index in [-0.39, 0.29) is 0 Å². The summed E-state index contributed by atoms with van der Waals surface area (Å²) in [4.78, 5) is 15.8. The zero-order valence-corrected chi connectivity index (χ0v) is 13.4. The Balaban J connectivity index is 2.05. The highest BCUT2D eigenvalue weighted by Gasteiger charge is 2.15. The summed E-state index contributed by atoms with van der Waals surface area (Å²) in [7, 11) is 0. The lowest BCUT2D eigenvalue weighted by Crippen LogP contribution is -2.31. The molecule has 2 rings (SSSR count). The van der Waals surface area contributed by atoms with Crippen molar-refractivity contribution >= 4 is 17.8 Å².